The second-order valence-corrected chi connectivity index (χ2v) is 10.2. The molecule has 4 atom stereocenters. The van der Waals surface area contributed by atoms with Gasteiger partial charge < -0.3 is 51.8 Å². The summed E-state index contributed by atoms with van der Waals surface area (Å²) in [5, 5.41) is 26.1. The van der Waals surface area contributed by atoms with E-state index < -0.39 is 0 Å². The summed E-state index contributed by atoms with van der Waals surface area (Å²) in [4.78, 5) is 2.00. The van der Waals surface area contributed by atoms with E-state index >= 15 is 0 Å². The van der Waals surface area contributed by atoms with Gasteiger partial charge in [0.1, 0.15) is 0 Å². The summed E-state index contributed by atoms with van der Waals surface area (Å²) < 4.78 is 0.0451. The number of thiol groups is 4. The Kier molecular flexibility index (Phi) is 89.6. The zero-order valence-corrected chi connectivity index (χ0v) is 31.8. The third kappa shape index (κ3) is 78.7. The number of rotatable bonds is 9. The molecule has 200 valence electrons. The van der Waals surface area contributed by atoms with Crippen LogP contribution in [0.3, 0.4) is 0 Å². The van der Waals surface area contributed by atoms with Gasteiger partial charge in [0.2, 0.25) is 0 Å². The first-order chi connectivity index (χ1) is 13.3. The Hall–Kier alpha value is 3.55. The molecule has 12 heteroatoms. The maximum atomic E-state index is 8.58. The Morgan fingerprint density at radius 2 is 1.27 bits per heavy atom. The Morgan fingerprint density at radius 3 is 1.39 bits per heavy atom. The van der Waals surface area contributed by atoms with Crippen molar-refractivity contribution in [2.24, 2.45) is 5.92 Å². The van der Waals surface area contributed by atoms with Gasteiger partial charge >= 0.3 is 59.1 Å². The summed E-state index contributed by atoms with van der Waals surface area (Å²) in [7, 11) is 6.00. The van der Waals surface area contributed by atoms with Gasteiger partial charge in [0.25, 0.3) is 0 Å². The molecule has 0 aromatic carbocycles. The fraction of sp³-hybridized carbons (Fsp3) is 1.00. The third-order valence-electron chi connectivity index (χ3n) is 3.48. The largest absolute Gasteiger partial charge is 1.00 e. The van der Waals surface area contributed by atoms with E-state index in [4.69, 9.17) is 15.3 Å². The van der Waals surface area contributed by atoms with Crippen LogP contribution < -0.4 is 59.1 Å². The van der Waals surface area contributed by atoms with Crippen LogP contribution in [-0.4, -0.2) is 88.2 Å². The number of aliphatic hydroxyl groups is 3. The van der Waals surface area contributed by atoms with E-state index in [1.165, 1.54) is 0 Å². The van der Waals surface area contributed by atoms with Crippen molar-refractivity contribution in [2.75, 3.05) is 47.2 Å². The normalized spacial score (nSPS) is 13.0. The SMILES string of the molecule is CC(S)C(C)CO.CCC(S)CCO.CCCC(C)(S)CCO.CN(C)C.C[S-].O.[Na+].[Na+].[SH-]. The average molecular weight is 592 g/mol. The van der Waals surface area contributed by atoms with Crippen molar-refractivity contribution in [3.8, 4) is 0 Å². The second-order valence-electron chi connectivity index (χ2n) is 7.54. The molecule has 0 fully saturated rings. The van der Waals surface area contributed by atoms with Gasteiger partial charge in [0, 0.05) is 35.1 Å². The number of hydrogen-bond donors (Lipinski definition) is 6. The quantitative estimate of drug-likeness (QED) is 0.0981. The van der Waals surface area contributed by atoms with Crippen LogP contribution in [-0.2, 0) is 26.1 Å². The van der Waals surface area contributed by atoms with Crippen molar-refractivity contribution in [3.05, 3.63) is 0 Å². The maximum absolute atomic E-state index is 8.58. The first-order valence-electron chi connectivity index (χ1n) is 10.3. The van der Waals surface area contributed by atoms with Crippen LogP contribution >= 0.6 is 37.9 Å². The van der Waals surface area contributed by atoms with Crippen LogP contribution in [0.5, 0.6) is 0 Å². The van der Waals surface area contributed by atoms with Crippen molar-refractivity contribution >= 4 is 64.0 Å². The molecule has 0 saturated carbocycles. The number of hydrogen-bond acceptors (Lipinski definition) is 9. The van der Waals surface area contributed by atoms with Gasteiger partial charge in [-0.05, 0) is 52.7 Å². The van der Waals surface area contributed by atoms with Gasteiger partial charge in [-0.25, -0.2) is 0 Å². The van der Waals surface area contributed by atoms with E-state index in [-0.39, 0.29) is 103 Å². The molecule has 0 amide bonds. The van der Waals surface area contributed by atoms with Gasteiger partial charge in [-0.15, -0.1) is 0 Å². The van der Waals surface area contributed by atoms with Crippen molar-refractivity contribution < 1.29 is 79.9 Å². The minimum atomic E-state index is 0. The standard InChI is InChI=1S/C7H16OS.2C5H12OS.C3H9N.CH4S.2Na.H2O.H2S/c1-3-4-7(2,9)5-6-8;1-4(3-6)5(2)7;1-2-5(7)3-4-6;1-4(2)3;1-2;;;;/h8-9H,3-6H2,1-2H3;4-7H,3H2,1-2H3;5-7H,2-4H2,1H3;1-3H3;2H,1H3;;;2*1H2/q;;;;;2*+1;;/p-2. The minimum Gasteiger partial charge on any atom is -0.813 e. The molecule has 4 unspecified atom stereocenters. The fourth-order valence-electron chi connectivity index (χ4n) is 1.41. The van der Waals surface area contributed by atoms with E-state index in [1.807, 2.05) is 39.9 Å². The van der Waals surface area contributed by atoms with Crippen LogP contribution in [0.15, 0.2) is 0 Å². The molecule has 0 spiro atoms. The summed E-state index contributed by atoms with van der Waals surface area (Å²) in [5.41, 5.74) is 0. The molecule has 0 aliphatic carbocycles. The van der Waals surface area contributed by atoms with Crippen molar-refractivity contribution in [3.63, 3.8) is 0 Å². The number of aliphatic hydroxyl groups excluding tert-OH is 3. The molecule has 0 aromatic heterocycles. The monoisotopic (exact) mass is 591 g/mol. The van der Waals surface area contributed by atoms with Crippen LogP contribution in [0, 0.1) is 5.92 Å². The maximum Gasteiger partial charge on any atom is 1.00 e. The molecule has 0 saturated heterocycles. The predicted molar refractivity (Wildman–Crippen MR) is 159 cm³/mol. The minimum absolute atomic E-state index is 0. The molecular weight excluding hydrogens is 537 g/mol. The molecule has 5 N–H and O–H groups in total. The van der Waals surface area contributed by atoms with Gasteiger partial charge in [0.15, 0.2) is 0 Å². The topological polar surface area (TPSA) is 95.4 Å². The first-order valence-corrected chi connectivity index (χ1v) is 12.6. The Balaban J connectivity index is -0.0000000319. The Labute approximate surface area is 280 Å². The van der Waals surface area contributed by atoms with Crippen molar-refractivity contribution in [1.82, 2.24) is 4.90 Å². The van der Waals surface area contributed by atoms with E-state index in [0.717, 1.165) is 32.1 Å². The molecule has 0 aromatic rings. The zero-order chi connectivity index (χ0) is 24.5. The van der Waals surface area contributed by atoms with Crippen LogP contribution in [0.4, 0.5) is 0 Å². The first kappa shape index (κ1) is 60.9. The molecule has 0 radical (unpaired) electrons. The third-order valence-corrected chi connectivity index (χ3v) is 5.06. The zero-order valence-electron chi connectivity index (χ0n) is 23.4. The summed E-state index contributed by atoms with van der Waals surface area (Å²) in [6.45, 7) is 11.0. The van der Waals surface area contributed by atoms with E-state index in [0.29, 0.717) is 16.4 Å². The Morgan fingerprint density at radius 1 is 0.909 bits per heavy atom. The Bertz CT molecular complexity index is 278. The molecule has 0 bridgehead atoms. The molecule has 33 heavy (non-hydrogen) atoms. The summed E-state index contributed by atoms with van der Waals surface area (Å²) >= 11 is 16.7. The number of nitrogens with zero attached hydrogens (tertiary/aromatic N) is 1. The van der Waals surface area contributed by atoms with Crippen molar-refractivity contribution in [1.29, 1.82) is 0 Å². The van der Waals surface area contributed by atoms with Crippen LogP contribution in [0.2, 0.25) is 0 Å². The van der Waals surface area contributed by atoms with Crippen LogP contribution in [0.25, 0.3) is 0 Å². The summed E-state index contributed by atoms with van der Waals surface area (Å²) in [6, 6.07) is 0. The average Bonchev–Trinajstić information content (AvgIpc) is 2.63. The fourth-order valence-corrected chi connectivity index (χ4v) is 1.94. The molecule has 0 rings (SSSR count). The van der Waals surface area contributed by atoms with Gasteiger partial charge in [-0.1, -0.05) is 41.0 Å². The van der Waals surface area contributed by atoms with E-state index in [2.05, 4.69) is 71.3 Å². The predicted octanol–water partition coefficient (Wildman–Crippen LogP) is -2.88. The molecule has 0 heterocycles. The molecular formula is C21H55NNa2O4S5. The summed E-state index contributed by atoms with van der Waals surface area (Å²) in [5.74, 6) is 0.323. The van der Waals surface area contributed by atoms with Gasteiger partial charge in [0.05, 0.1) is 0 Å². The molecule has 0 aliphatic heterocycles. The summed E-state index contributed by atoms with van der Waals surface area (Å²) in [6.07, 6.45) is 6.46. The molecule has 0 aliphatic rings. The van der Waals surface area contributed by atoms with Crippen molar-refractivity contribution in [2.45, 2.75) is 82.0 Å². The van der Waals surface area contributed by atoms with E-state index in [1.54, 1.807) is 6.26 Å². The molecule has 5 nitrogen and oxygen atoms in total. The van der Waals surface area contributed by atoms with Crippen LogP contribution in [0.1, 0.15) is 66.7 Å². The van der Waals surface area contributed by atoms with Gasteiger partial charge in [-0.2, -0.15) is 44.1 Å². The van der Waals surface area contributed by atoms with Gasteiger partial charge in [-0.3, -0.25) is 0 Å². The van der Waals surface area contributed by atoms with E-state index in [9.17, 15) is 0 Å². The smallest absolute Gasteiger partial charge is 0.813 e. The second kappa shape index (κ2) is 48.6.